The van der Waals surface area contributed by atoms with E-state index in [1.165, 1.54) is 9.80 Å². The topological polar surface area (TPSA) is 93.2 Å². The standard InChI is InChI=1S/C42H68N4O6.2BrH/c1-9-11-21-29-45(7,31-35-23-17-19-27-39(35)51-41(49)43(3)4)33-37(47)25-15-13-14-16-26-38(48)34-46(8,30-22-12-10-2)32-36-24-18-20-28-40(36)52-42(50)44(5)6;;/h17-20,23-24,27-28H,9-16,21-22,25-26,29-34H2,1-8H3;2*1H/q+2;;/p-2. The van der Waals surface area contributed by atoms with Gasteiger partial charge in [-0.3, -0.25) is 9.59 Å². The van der Waals surface area contributed by atoms with Crippen molar-refractivity contribution in [2.45, 2.75) is 104 Å². The number of halogens is 2. The fraction of sp³-hybridized carbons (Fsp3) is 0.619. The number of ether oxygens (including phenoxy) is 2. The maximum absolute atomic E-state index is 13.3. The number of hydrogen-bond acceptors (Lipinski definition) is 6. The van der Waals surface area contributed by atoms with Gasteiger partial charge in [0, 0.05) is 52.2 Å². The van der Waals surface area contributed by atoms with Gasteiger partial charge in [-0.1, -0.05) is 63.8 Å². The lowest BCUT2D eigenvalue weighted by Crippen LogP contribution is -3.00. The zero-order valence-corrected chi connectivity index (χ0v) is 37.5. The SMILES string of the molecule is CCCCC[N+](C)(CC(=O)CCCCCCC(=O)C[N+](C)(CCCCC)Cc1ccccc1OC(=O)N(C)C)Cc1ccccc1OC(=O)N(C)C.[Br-].[Br-]. The molecule has 0 radical (unpaired) electrons. The molecule has 12 heteroatoms. The first-order valence-electron chi connectivity index (χ1n) is 19.4. The van der Waals surface area contributed by atoms with Gasteiger partial charge in [-0.25, -0.2) is 9.59 Å². The van der Waals surface area contributed by atoms with Gasteiger partial charge in [0.1, 0.15) is 37.7 Å². The summed E-state index contributed by atoms with van der Waals surface area (Å²) < 4.78 is 12.4. The van der Waals surface area contributed by atoms with Gasteiger partial charge in [0.05, 0.1) is 27.2 Å². The van der Waals surface area contributed by atoms with Crippen LogP contribution in [0.15, 0.2) is 48.5 Å². The van der Waals surface area contributed by atoms with Crippen molar-refractivity contribution in [2.24, 2.45) is 0 Å². The third-order valence-electron chi connectivity index (χ3n) is 9.55. The van der Waals surface area contributed by atoms with Gasteiger partial charge in [-0.05, 0) is 62.8 Å². The number of nitrogens with zero attached hydrogens (tertiary/aromatic N) is 4. The number of Topliss-reactive ketones (excluding diaryl/α,β-unsaturated/α-hetero) is 2. The normalized spacial score (nSPS) is 13.0. The molecule has 0 bridgehead atoms. The highest BCUT2D eigenvalue weighted by Gasteiger charge is 2.29. The molecule has 0 heterocycles. The summed E-state index contributed by atoms with van der Waals surface area (Å²) in [5.74, 6) is 1.57. The van der Waals surface area contributed by atoms with Gasteiger partial charge in [-0.2, -0.15) is 0 Å². The van der Waals surface area contributed by atoms with E-state index >= 15 is 0 Å². The number of carbonyl (C=O) groups excluding carboxylic acids is 4. The lowest BCUT2D eigenvalue weighted by Gasteiger charge is -2.35. The summed E-state index contributed by atoms with van der Waals surface area (Å²) in [5, 5.41) is 0. The molecule has 0 spiro atoms. The van der Waals surface area contributed by atoms with Crippen LogP contribution in [0.4, 0.5) is 9.59 Å². The molecule has 0 aliphatic carbocycles. The number of unbranched alkanes of at least 4 members (excludes halogenated alkanes) is 7. The predicted octanol–water partition coefficient (Wildman–Crippen LogP) is 2.27. The molecule has 2 rings (SSSR count). The Hall–Kier alpha value is -2.80. The van der Waals surface area contributed by atoms with E-state index in [0.717, 1.165) is 88.4 Å². The molecule has 0 N–H and O–H groups in total. The third kappa shape index (κ3) is 19.7. The molecule has 306 valence electrons. The van der Waals surface area contributed by atoms with E-state index in [0.29, 0.717) is 59.5 Å². The molecule has 2 aromatic rings. The number of ketones is 2. The summed E-state index contributed by atoms with van der Waals surface area (Å²) in [6.45, 7) is 8.19. The number of quaternary nitrogens is 2. The van der Waals surface area contributed by atoms with Gasteiger partial charge in [0.2, 0.25) is 0 Å². The van der Waals surface area contributed by atoms with Crippen LogP contribution in [0.1, 0.15) is 102 Å². The molecule has 2 unspecified atom stereocenters. The van der Waals surface area contributed by atoms with Crippen molar-refractivity contribution in [3.8, 4) is 11.5 Å². The maximum Gasteiger partial charge on any atom is 0.414 e. The predicted molar refractivity (Wildman–Crippen MR) is 208 cm³/mol. The number of para-hydroxylation sites is 2. The smallest absolute Gasteiger partial charge is 0.414 e. The van der Waals surface area contributed by atoms with Gasteiger partial charge in [0.15, 0.2) is 11.6 Å². The second-order valence-electron chi connectivity index (χ2n) is 15.5. The van der Waals surface area contributed by atoms with Crippen LogP contribution in [0.2, 0.25) is 0 Å². The molecule has 54 heavy (non-hydrogen) atoms. The molecule has 10 nitrogen and oxygen atoms in total. The minimum atomic E-state index is -0.420. The molecule has 0 aliphatic heterocycles. The Morgan fingerprint density at radius 3 is 1.22 bits per heavy atom. The minimum absolute atomic E-state index is 0. The van der Waals surface area contributed by atoms with Crippen molar-refractivity contribution in [3.05, 3.63) is 59.7 Å². The molecule has 2 atom stereocenters. The van der Waals surface area contributed by atoms with E-state index < -0.39 is 12.2 Å². The lowest BCUT2D eigenvalue weighted by molar-refractivity contribution is -0.915. The summed E-state index contributed by atoms with van der Waals surface area (Å²) in [6, 6.07) is 15.2. The van der Waals surface area contributed by atoms with E-state index in [9.17, 15) is 19.2 Å². The number of amides is 2. The summed E-state index contributed by atoms with van der Waals surface area (Å²) in [5.41, 5.74) is 1.84. The van der Waals surface area contributed by atoms with Crippen LogP contribution in [-0.2, 0) is 22.7 Å². The zero-order chi connectivity index (χ0) is 38.6. The van der Waals surface area contributed by atoms with E-state index in [1.807, 2.05) is 48.5 Å². The van der Waals surface area contributed by atoms with Crippen LogP contribution >= 0.6 is 0 Å². The molecule has 0 saturated heterocycles. The first kappa shape index (κ1) is 51.2. The Morgan fingerprint density at radius 1 is 0.537 bits per heavy atom. The van der Waals surface area contributed by atoms with Gasteiger partial charge in [-0.15, -0.1) is 0 Å². The van der Waals surface area contributed by atoms with Gasteiger partial charge in [0.25, 0.3) is 0 Å². The molecular formula is C42H68Br2N4O6. The number of rotatable bonds is 25. The molecule has 0 aromatic heterocycles. The monoisotopic (exact) mass is 882 g/mol. The van der Waals surface area contributed by atoms with Gasteiger partial charge >= 0.3 is 12.2 Å². The number of hydrogen-bond donors (Lipinski definition) is 0. The summed E-state index contributed by atoms with van der Waals surface area (Å²) in [7, 11) is 10.9. The molecule has 0 saturated carbocycles. The zero-order valence-electron chi connectivity index (χ0n) is 34.3. The molecule has 2 amide bonds. The van der Waals surface area contributed by atoms with Crippen LogP contribution in [0.3, 0.4) is 0 Å². The molecule has 0 fully saturated rings. The van der Waals surface area contributed by atoms with E-state index in [4.69, 9.17) is 9.47 Å². The number of carbonyl (C=O) groups is 4. The van der Waals surface area contributed by atoms with Crippen molar-refractivity contribution in [2.75, 3.05) is 68.5 Å². The van der Waals surface area contributed by atoms with Crippen molar-refractivity contribution < 1.29 is 71.6 Å². The van der Waals surface area contributed by atoms with E-state index in [-0.39, 0.29) is 45.5 Å². The summed E-state index contributed by atoms with van der Waals surface area (Å²) in [4.78, 5) is 54.0. The summed E-state index contributed by atoms with van der Waals surface area (Å²) in [6.07, 6.45) is 10.1. The van der Waals surface area contributed by atoms with Crippen LogP contribution in [-0.4, -0.2) is 111 Å². The second-order valence-corrected chi connectivity index (χ2v) is 15.5. The quantitative estimate of drug-likeness (QED) is 0.112. The van der Waals surface area contributed by atoms with Crippen molar-refractivity contribution in [1.29, 1.82) is 0 Å². The fourth-order valence-corrected chi connectivity index (χ4v) is 6.58. The van der Waals surface area contributed by atoms with Crippen LogP contribution in [0, 0.1) is 0 Å². The van der Waals surface area contributed by atoms with Crippen molar-refractivity contribution in [3.63, 3.8) is 0 Å². The first-order valence-corrected chi connectivity index (χ1v) is 19.4. The van der Waals surface area contributed by atoms with Crippen LogP contribution in [0.5, 0.6) is 11.5 Å². The Kier molecular flexibility index (Phi) is 25.5. The summed E-state index contributed by atoms with van der Waals surface area (Å²) >= 11 is 0. The van der Waals surface area contributed by atoms with Crippen LogP contribution in [0.25, 0.3) is 0 Å². The molecular weight excluding hydrogens is 816 g/mol. The Labute approximate surface area is 347 Å². The largest absolute Gasteiger partial charge is 1.00 e. The maximum atomic E-state index is 13.3. The molecule has 2 aromatic carbocycles. The first-order chi connectivity index (χ1) is 24.7. The minimum Gasteiger partial charge on any atom is -1.00 e. The number of benzene rings is 2. The second kappa shape index (κ2) is 26.9. The van der Waals surface area contributed by atoms with Crippen molar-refractivity contribution >= 4 is 23.8 Å². The molecule has 0 aliphatic rings. The Bertz CT molecular complexity index is 1320. The highest BCUT2D eigenvalue weighted by Crippen LogP contribution is 2.26. The fourth-order valence-electron chi connectivity index (χ4n) is 6.58. The van der Waals surface area contributed by atoms with Crippen molar-refractivity contribution in [1.82, 2.24) is 9.80 Å². The van der Waals surface area contributed by atoms with E-state index in [1.54, 1.807) is 28.2 Å². The van der Waals surface area contributed by atoms with Gasteiger partial charge < -0.3 is 62.2 Å². The highest BCUT2D eigenvalue weighted by atomic mass is 79.9. The highest BCUT2D eigenvalue weighted by molar-refractivity contribution is 5.80. The lowest BCUT2D eigenvalue weighted by atomic mass is 10.0. The average molecular weight is 885 g/mol. The van der Waals surface area contributed by atoms with Crippen LogP contribution < -0.4 is 43.4 Å². The Morgan fingerprint density at radius 2 is 0.889 bits per heavy atom. The van der Waals surface area contributed by atoms with E-state index in [2.05, 4.69) is 27.9 Å². The Balaban J connectivity index is 0.0000140. The number of likely N-dealkylation sites (N-methyl/N-ethyl adjacent to an activating group) is 2. The third-order valence-corrected chi connectivity index (χ3v) is 9.55. The average Bonchev–Trinajstić information content (AvgIpc) is 3.08.